The molecule has 0 aliphatic heterocycles. The van der Waals surface area contributed by atoms with Gasteiger partial charge in [-0.1, -0.05) is 93.0 Å². The minimum Gasteiger partial charge on any atom is -0.387 e. The number of benzene rings is 3. The zero-order chi connectivity index (χ0) is 18.4. The van der Waals surface area contributed by atoms with Crippen molar-refractivity contribution in [3.8, 4) is 11.1 Å². The van der Waals surface area contributed by atoms with Crippen LogP contribution < -0.4 is 10.6 Å². The molecule has 3 aromatic rings. The summed E-state index contributed by atoms with van der Waals surface area (Å²) >= 11 is 0. The van der Waals surface area contributed by atoms with Gasteiger partial charge >= 0.3 is 0 Å². The first-order valence-corrected chi connectivity index (χ1v) is 10.2. The van der Waals surface area contributed by atoms with Gasteiger partial charge in [0, 0.05) is 12.3 Å². The highest BCUT2D eigenvalue weighted by atomic mass is 31.1. The Morgan fingerprint density at radius 3 is 2.42 bits per heavy atom. The average molecular weight is 363 g/mol. The van der Waals surface area contributed by atoms with E-state index in [0.717, 1.165) is 11.8 Å². The highest BCUT2D eigenvalue weighted by Gasteiger charge is 2.15. The monoisotopic (exact) mass is 363 g/mol. The molecule has 3 rings (SSSR count). The van der Waals surface area contributed by atoms with Crippen LogP contribution in [0.15, 0.2) is 78.9 Å². The molecule has 3 heteroatoms. The molecule has 0 saturated heterocycles. The van der Waals surface area contributed by atoms with E-state index in [1.807, 2.05) is 37.3 Å². The molecular weight excluding hydrogens is 337 g/mol. The summed E-state index contributed by atoms with van der Waals surface area (Å²) in [5.74, 6) is 0. The number of aryl methyl sites for hydroxylation is 1. The van der Waals surface area contributed by atoms with E-state index in [4.69, 9.17) is 0 Å². The lowest BCUT2D eigenvalue weighted by atomic mass is 10.0. The van der Waals surface area contributed by atoms with E-state index in [0.29, 0.717) is 8.58 Å². The maximum Gasteiger partial charge on any atom is 0.0940 e. The first-order valence-electron chi connectivity index (χ1n) is 9.01. The van der Waals surface area contributed by atoms with Gasteiger partial charge in [0.25, 0.3) is 0 Å². The number of aliphatic hydroxyl groups excluding tert-OH is 1. The van der Waals surface area contributed by atoms with Crippen LogP contribution in [-0.2, 0) is 0 Å². The molecule has 3 atom stereocenters. The lowest BCUT2D eigenvalue weighted by molar-refractivity contribution is 0.139. The maximum atomic E-state index is 10.5. The molecule has 2 nitrogen and oxygen atoms in total. The van der Waals surface area contributed by atoms with Crippen molar-refractivity contribution in [3.05, 3.63) is 90.0 Å². The van der Waals surface area contributed by atoms with Crippen molar-refractivity contribution < 1.29 is 5.11 Å². The summed E-state index contributed by atoms with van der Waals surface area (Å²) in [6, 6.07) is 27.1. The molecule has 0 spiro atoms. The van der Waals surface area contributed by atoms with Crippen LogP contribution in [0.1, 0.15) is 24.2 Å². The zero-order valence-corrected chi connectivity index (χ0v) is 16.3. The van der Waals surface area contributed by atoms with Crippen LogP contribution in [-0.4, -0.2) is 17.4 Å². The van der Waals surface area contributed by atoms with E-state index in [2.05, 4.69) is 60.8 Å². The molecule has 0 amide bonds. The third-order valence-corrected chi connectivity index (χ3v) is 5.77. The number of hydrogen-bond donors (Lipinski definition) is 2. The van der Waals surface area contributed by atoms with Gasteiger partial charge in [-0.2, -0.15) is 0 Å². The van der Waals surface area contributed by atoms with Crippen LogP contribution in [0.5, 0.6) is 0 Å². The normalized spacial score (nSPS) is 13.8. The van der Waals surface area contributed by atoms with Gasteiger partial charge in [0.15, 0.2) is 0 Å². The van der Waals surface area contributed by atoms with Gasteiger partial charge in [0.2, 0.25) is 0 Å². The minimum absolute atomic E-state index is 0.0102. The lowest BCUT2D eigenvalue weighted by Gasteiger charge is -2.21. The second-order valence-corrected chi connectivity index (χ2v) is 7.86. The van der Waals surface area contributed by atoms with E-state index in [1.165, 1.54) is 22.0 Å². The summed E-state index contributed by atoms with van der Waals surface area (Å²) in [5, 5.41) is 15.3. The van der Waals surface area contributed by atoms with Crippen LogP contribution >= 0.6 is 8.58 Å². The van der Waals surface area contributed by atoms with E-state index in [1.54, 1.807) is 0 Å². The van der Waals surface area contributed by atoms with E-state index >= 15 is 0 Å². The molecule has 0 radical (unpaired) electrons. The summed E-state index contributed by atoms with van der Waals surface area (Å²) in [7, 11) is 0.647. The number of aliphatic hydroxyl groups is 1. The van der Waals surface area contributed by atoms with Gasteiger partial charge in [-0.15, -0.1) is 0 Å². The molecule has 0 fully saturated rings. The first kappa shape index (κ1) is 18.8. The quantitative estimate of drug-likeness (QED) is 0.600. The van der Waals surface area contributed by atoms with Crippen LogP contribution in [0.2, 0.25) is 0 Å². The van der Waals surface area contributed by atoms with Crippen molar-refractivity contribution in [3.63, 3.8) is 0 Å². The SMILES string of the molecule is Cc1cccc(-c2ccccc2PCN[C@@H](C)C(O)c2ccccc2)c1. The molecule has 134 valence electrons. The maximum absolute atomic E-state index is 10.5. The Bertz CT molecular complexity index is 834. The van der Waals surface area contributed by atoms with Crippen LogP contribution in [0, 0.1) is 6.92 Å². The molecule has 3 aromatic carbocycles. The number of nitrogens with one attached hydrogen (secondary N) is 1. The number of hydrogen-bond acceptors (Lipinski definition) is 2. The smallest absolute Gasteiger partial charge is 0.0940 e. The van der Waals surface area contributed by atoms with Crippen molar-refractivity contribution in [2.45, 2.75) is 26.0 Å². The van der Waals surface area contributed by atoms with Gasteiger partial charge in [0.05, 0.1) is 6.10 Å². The van der Waals surface area contributed by atoms with Gasteiger partial charge < -0.3 is 10.4 Å². The standard InChI is InChI=1S/C23H26NOP/c1-17-9-8-12-20(15-17)21-13-6-7-14-22(21)26-16-24-18(2)23(25)19-10-4-3-5-11-19/h3-15,18,23-26H,16H2,1-2H3/t18-,23?/m0/s1. The summed E-state index contributed by atoms with van der Waals surface area (Å²) in [6.45, 7) is 4.16. The van der Waals surface area contributed by atoms with Crippen molar-refractivity contribution in [1.29, 1.82) is 0 Å². The molecule has 0 heterocycles. The van der Waals surface area contributed by atoms with Crippen LogP contribution in [0.4, 0.5) is 0 Å². The average Bonchev–Trinajstić information content (AvgIpc) is 2.68. The second-order valence-electron chi connectivity index (χ2n) is 6.62. The highest BCUT2D eigenvalue weighted by molar-refractivity contribution is 7.47. The molecule has 0 saturated carbocycles. The molecule has 2 unspecified atom stereocenters. The Balaban J connectivity index is 1.64. The van der Waals surface area contributed by atoms with E-state index in [9.17, 15) is 5.11 Å². The predicted octanol–water partition coefficient (Wildman–Crippen LogP) is 4.64. The molecule has 26 heavy (non-hydrogen) atoms. The van der Waals surface area contributed by atoms with Crippen LogP contribution in [0.25, 0.3) is 11.1 Å². The minimum atomic E-state index is -0.493. The molecule has 0 bridgehead atoms. The Labute approximate surface area is 158 Å². The topological polar surface area (TPSA) is 32.3 Å². The summed E-state index contributed by atoms with van der Waals surface area (Å²) < 4.78 is 0. The Hall–Kier alpha value is -1.99. The number of rotatable bonds is 7. The van der Waals surface area contributed by atoms with Gasteiger partial charge in [-0.3, -0.25) is 0 Å². The van der Waals surface area contributed by atoms with Crippen molar-refractivity contribution in [1.82, 2.24) is 5.32 Å². The predicted molar refractivity (Wildman–Crippen MR) is 113 cm³/mol. The van der Waals surface area contributed by atoms with Gasteiger partial charge in [-0.25, -0.2) is 0 Å². The third kappa shape index (κ3) is 4.80. The fraction of sp³-hybridized carbons (Fsp3) is 0.217. The van der Waals surface area contributed by atoms with Crippen molar-refractivity contribution in [2.24, 2.45) is 0 Å². The highest BCUT2D eigenvalue weighted by Crippen LogP contribution is 2.24. The molecular formula is C23H26NOP. The lowest BCUT2D eigenvalue weighted by Crippen LogP contribution is -2.32. The third-order valence-electron chi connectivity index (χ3n) is 4.57. The molecule has 0 aliphatic rings. The van der Waals surface area contributed by atoms with Crippen molar-refractivity contribution >= 4 is 13.9 Å². The largest absolute Gasteiger partial charge is 0.387 e. The molecule has 0 aromatic heterocycles. The Morgan fingerprint density at radius 1 is 0.923 bits per heavy atom. The second kappa shape index (κ2) is 9.09. The van der Waals surface area contributed by atoms with Gasteiger partial charge in [-0.05, 0) is 35.8 Å². The first-order chi connectivity index (χ1) is 12.6. The van der Waals surface area contributed by atoms with E-state index < -0.39 is 6.10 Å². The summed E-state index contributed by atoms with van der Waals surface area (Å²) in [5.41, 5.74) is 4.80. The molecule has 0 aliphatic carbocycles. The fourth-order valence-electron chi connectivity index (χ4n) is 3.06. The van der Waals surface area contributed by atoms with E-state index in [-0.39, 0.29) is 6.04 Å². The van der Waals surface area contributed by atoms with Gasteiger partial charge in [0.1, 0.15) is 0 Å². The van der Waals surface area contributed by atoms with Crippen LogP contribution in [0.3, 0.4) is 0 Å². The summed E-state index contributed by atoms with van der Waals surface area (Å²) in [6.07, 6.45) is 0.362. The Kier molecular flexibility index (Phi) is 6.57. The Morgan fingerprint density at radius 2 is 1.65 bits per heavy atom. The fourth-order valence-corrected chi connectivity index (χ4v) is 4.31. The molecule has 2 N–H and O–H groups in total. The zero-order valence-electron chi connectivity index (χ0n) is 15.3. The van der Waals surface area contributed by atoms with Crippen molar-refractivity contribution in [2.75, 3.05) is 6.29 Å². The summed E-state index contributed by atoms with van der Waals surface area (Å²) in [4.78, 5) is 0.